The lowest BCUT2D eigenvalue weighted by atomic mass is 10.1. The molecule has 0 aliphatic heterocycles. The fraction of sp³-hybridized carbons (Fsp3) is 0.100. The molecule has 0 atom stereocenters. The van der Waals surface area contributed by atoms with Gasteiger partial charge in [0.05, 0.1) is 5.69 Å². The van der Waals surface area contributed by atoms with Crippen LogP contribution in [0.5, 0.6) is 0 Å². The van der Waals surface area contributed by atoms with Gasteiger partial charge in [-0.2, -0.15) is 0 Å². The van der Waals surface area contributed by atoms with Crippen molar-refractivity contribution in [1.29, 1.82) is 0 Å². The molecular formula is C10H8Br2N2. The van der Waals surface area contributed by atoms with Gasteiger partial charge in [-0.1, -0.05) is 34.1 Å². The van der Waals surface area contributed by atoms with Crippen LogP contribution in [0.2, 0.25) is 0 Å². The number of aryl methyl sites for hydroxylation is 1. The average Bonchev–Trinajstić information content (AvgIpc) is 2.46. The highest BCUT2D eigenvalue weighted by Crippen LogP contribution is 2.29. The molecule has 2 nitrogen and oxygen atoms in total. The Hall–Kier alpha value is -0.610. The van der Waals surface area contributed by atoms with Crippen LogP contribution in [0.4, 0.5) is 0 Å². The van der Waals surface area contributed by atoms with Crippen LogP contribution in [0.25, 0.3) is 11.3 Å². The first-order valence-electron chi connectivity index (χ1n) is 4.15. The third-order valence-corrected chi connectivity index (χ3v) is 3.05. The second-order valence-corrected chi connectivity index (χ2v) is 4.59. The zero-order valence-corrected chi connectivity index (χ0v) is 10.7. The zero-order valence-electron chi connectivity index (χ0n) is 7.51. The van der Waals surface area contributed by atoms with Gasteiger partial charge in [0.2, 0.25) is 0 Å². The normalized spacial score (nSPS) is 10.5. The summed E-state index contributed by atoms with van der Waals surface area (Å²) in [5.41, 5.74) is 3.14. The summed E-state index contributed by atoms with van der Waals surface area (Å²) in [4.78, 5) is 7.49. The van der Waals surface area contributed by atoms with Crippen LogP contribution < -0.4 is 0 Å². The molecule has 1 aromatic carbocycles. The first kappa shape index (κ1) is 9.93. The van der Waals surface area contributed by atoms with Gasteiger partial charge in [-0.05, 0) is 28.9 Å². The van der Waals surface area contributed by atoms with Crippen LogP contribution in [0.3, 0.4) is 0 Å². The number of H-pyrrole nitrogens is 1. The van der Waals surface area contributed by atoms with Crippen LogP contribution in [0.15, 0.2) is 33.5 Å². The molecule has 0 radical (unpaired) electrons. The van der Waals surface area contributed by atoms with Crippen molar-refractivity contribution in [3.8, 4) is 11.3 Å². The van der Waals surface area contributed by atoms with E-state index in [-0.39, 0.29) is 0 Å². The van der Waals surface area contributed by atoms with E-state index >= 15 is 0 Å². The highest BCUT2D eigenvalue weighted by Gasteiger charge is 2.09. The standard InChI is InChI=1S/C10H8Br2N2/c1-6-9(14-10(12)13-6)7-4-2-3-5-8(7)11/h2-5H,1H3,(H,13,14). The highest BCUT2D eigenvalue weighted by atomic mass is 79.9. The van der Waals surface area contributed by atoms with Crippen LogP contribution in [-0.4, -0.2) is 9.97 Å². The van der Waals surface area contributed by atoms with Gasteiger partial charge in [0, 0.05) is 15.7 Å². The van der Waals surface area contributed by atoms with Crippen molar-refractivity contribution in [2.75, 3.05) is 0 Å². The Bertz CT molecular complexity index is 463. The lowest BCUT2D eigenvalue weighted by Crippen LogP contribution is -1.82. The number of aromatic amines is 1. The minimum atomic E-state index is 0.765. The van der Waals surface area contributed by atoms with Crippen molar-refractivity contribution < 1.29 is 0 Å². The number of rotatable bonds is 1. The Kier molecular flexibility index (Phi) is 2.74. The number of hydrogen-bond acceptors (Lipinski definition) is 1. The Morgan fingerprint density at radius 1 is 1.21 bits per heavy atom. The van der Waals surface area contributed by atoms with E-state index < -0.39 is 0 Å². The molecule has 14 heavy (non-hydrogen) atoms. The number of nitrogens with one attached hydrogen (secondary N) is 1. The van der Waals surface area contributed by atoms with E-state index in [4.69, 9.17) is 0 Å². The molecule has 0 spiro atoms. The maximum absolute atomic E-state index is 4.37. The van der Waals surface area contributed by atoms with Gasteiger partial charge >= 0.3 is 0 Å². The number of nitrogens with zero attached hydrogens (tertiary/aromatic N) is 1. The van der Waals surface area contributed by atoms with E-state index in [0.717, 1.165) is 26.2 Å². The van der Waals surface area contributed by atoms with Crippen LogP contribution >= 0.6 is 31.9 Å². The summed E-state index contributed by atoms with van der Waals surface area (Å²) in [5, 5.41) is 0. The summed E-state index contributed by atoms with van der Waals surface area (Å²) in [6.07, 6.45) is 0. The van der Waals surface area contributed by atoms with Crippen molar-refractivity contribution in [3.63, 3.8) is 0 Å². The largest absolute Gasteiger partial charge is 0.336 e. The number of aromatic nitrogens is 2. The van der Waals surface area contributed by atoms with E-state index in [1.807, 2.05) is 31.2 Å². The third kappa shape index (κ3) is 1.77. The molecule has 2 aromatic rings. The molecule has 0 amide bonds. The molecule has 0 bridgehead atoms. The van der Waals surface area contributed by atoms with E-state index in [9.17, 15) is 0 Å². The van der Waals surface area contributed by atoms with Crippen molar-refractivity contribution in [2.45, 2.75) is 6.92 Å². The van der Waals surface area contributed by atoms with Gasteiger partial charge in [-0.25, -0.2) is 4.98 Å². The van der Waals surface area contributed by atoms with Crippen molar-refractivity contribution in [2.24, 2.45) is 0 Å². The summed E-state index contributed by atoms with van der Waals surface area (Å²) in [7, 11) is 0. The van der Waals surface area contributed by atoms with Gasteiger partial charge in [0.15, 0.2) is 4.73 Å². The van der Waals surface area contributed by atoms with E-state index in [0.29, 0.717) is 0 Å². The fourth-order valence-electron chi connectivity index (χ4n) is 1.34. The summed E-state index contributed by atoms with van der Waals surface area (Å²) in [5.74, 6) is 0. The predicted molar refractivity (Wildman–Crippen MR) is 64.2 cm³/mol. The summed E-state index contributed by atoms with van der Waals surface area (Å²) < 4.78 is 1.82. The SMILES string of the molecule is Cc1[nH]c(Br)nc1-c1ccccc1Br. The van der Waals surface area contributed by atoms with Gasteiger partial charge < -0.3 is 4.98 Å². The van der Waals surface area contributed by atoms with Crippen molar-refractivity contribution in [1.82, 2.24) is 9.97 Å². The maximum atomic E-state index is 4.37. The number of halogens is 2. The molecule has 0 saturated heterocycles. The predicted octanol–water partition coefficient (Wildman–Crippen LogP) is 3.91. The first-order valence-corrected chi connectivity index (χ1v) is 5.74. The summed E-state index contributed by atoms with van der Waals surface area (Å²) >= 11 is 6.83. The number of hydrogen-bond donors (Lipinski definition) is 1. The zero-order chi connectivity index (χ0) is 10.1. The summed E-state index contributed by atoms with van der Waals surface area (Å²) in [6, 6.07) is 8.05. The van der Waals surface area contributed by atoms with Crippen molar-refractivity contribution in [3.05, 3.63) is 39.2 Å². The second kappa shape index (κ2) is 3.87. The average molecular weight is 316 g/mol. The lowest BCUT2D eigenvalue weighted by Gasteiger charge is -2.00. The minimum Gasteiger partial charge on any atom is -0.336 e. The number of benzene rings is 1. The van der Waals surface area contributed by atoms with Gasteiger partial charge in [0.1, 0.15) is 0 Å². The summed E-state index contributed by atoms with van der Waals surface area (Å²) in [6.45, 7) is 2.01. The molecule has 0 saturated carbocycles. The molecule has 0 unspecified atom stereocenters. The highest BCUT2D eigenvalue weighted by molar-refractivity contribution is 9.10. The van der Waals surface area contributed by atoms with Gasteiger partial charge in [-0.15, -0.1) is 0 Å². The Labute approximate surface area is 99.0 Å². The maximum Gasteiger partial charge on any atom is 0.175 e. The molecule has 1 N–H and O–H groups in total. The van der Waals surface area contributed by atoms with E-state index in [1.165, 1.54) is 0 Å². The molecule has 4 heteroatoms. The second-order valence-electron chi connectivity index (χ2n) is 2.98. The van der Waals surface area contributed by atoms with Gasteiger partial charge in [0.25, 0.3) is 0 Å². The number of imidazole rings is 1. The van der Waals surface area contributed by atoms with Crippen molar-refractivity contribution >= 4 is 31.9 Å². The molecule has 0 fully saturated rings. The molecule has 2 rings (SSSR count). The third-order valence-electron chi connectivity index (χ3n) is 1.98. The quantitative estimate of drug-likeness (QED) is 0.849. The molecular weight excluding hydrogens is 308 g/mol. The topological polar surface area (TPSA) is 28.7 Å². The smallest absolute Gasteiger partial charge is 0.175 e. The van der Waals surface area contributed by atoms with Crippen LogP contribution in [0.1, 0.15) is 5.69 Å². The Morgan fingerprint density at radius 2 is 1.93 bits per heavy atom. The van der Waals surface area contributed by atoms with E-state index in [2.05, 4.69) is 41.8 Å². The van der Waals surface area contributed by atoms with Gasteiger partial charge in [-0.3, -0.25) is 0 Å². The molecule has 1 aromatic heterocycles. The Morgan fingerprint density at radius 3 is 2.50 bits per heavy atom. The monoisotopic (exact) mass is 314 g/mol. The molecule has 72 valence electrons. The first-order chi connectivity index (χ1) is 6.68. The lowest BCUT2D eigenvalue weighted by molar-refractivity contribution is 1.20. The molecule has 1 heterocycles. The minimum absolute atomic E-state index is 0.765. The molecule has 0 aliphatic carbocycles. The molecule has 0 aliphatic rings. The van der Waals surface area contributed by atoms with E-state index in [1.54, 1.807) is 0 Å². The fourth-order valence-corrected chi connectivity index (χ4v) is 2.29. The Balaban J connectivity index is 2.60. The van der Waals surface area contributed by atoms with Crippen LogP contribution in [-0.2, 0) is 0 Å². The van der Waals surface area contributed by atoms with Crippen LogP contribution in [0, 0.1) is 6.92 Å².